The van der Waals surface area contributed by atoms with Gasteiger partial charge in [0, 0.05) is 30.8 Å². The van der Waals surface area contributed by atoms with Crippen LogP contribution in [0.15, 0.2) is 5.38 Å². The molecule has 1 aromatic rings. The molecule has 5 atom stereocenters. The first-order valence-corrected chi connectivity index (χ1v) is 15.4. The van der Waals surface area contributed by atoms with Gasteiger partial charge in [0.2, 0.25) is 11.8 Å². The number of carbonyl (C=O) groups excluding carboxylic acids is 3. The fraction of sp³-hybridized carbons (Fsp3) is 0.733. The lowest BCUT2D eigenvalue weighted by Crippen LogP contribution is -2.58. The van der Waals surface area contributed by atoms with Crippen LogP contribution in [-0.4, -0.2) is 83.0 Å². The second kappa shape index (κ2) is 16.7. The molecule has 2 N–H and O–H groups in total. The number of esters is 1. The van der Waals surface area contributed by atoms with Gasteiger partial charge in [0.25, 0.3) is 0 Å². The lowest BCUT2D eigenvalue weighted by molar-refractivity contribution is -0.142. The topological polar surface area (TPSA) is 112 Å². The number of hydrogen-bond acceptors (Lipinski definition) is 8. The number of likely N-dealkylation sites (N-methyl/N-ethyl adjacent to an activating group) is 1. The minimum atomic E-state index is -0.968. The number of rotatable bonds is 15. The fourth-order valence-corrected chi connectivity index (χ4v) is 5.98. The molecule has 224 valence electrons. The molecule has 9 nitrogen and oxygen atoms in total. The van der Waals surface area contributed by atoms with Gasteiger partial charge in [0.15, 0.2) is 5.69 Å². The summed E-state index contributed by atoms with van der Waals surface area (Å²) in [5.41, 5.74) is 0.150. The number of nitrogens with one attached hydrogen (secondary N) is 1. The third-order valence-electron chi connectivity index (χ3n) is 7.94. The Balaban J connectivity index is 2.33. The third-order valence-corrected chi connectivity index (χ3v) is 8.89. The summed E-state index contributed by atoms with van der Waals surface area (Å²) in [5, 5.41) is 16.2. The number of aromatic nitrogens is 1. The number of nitrogens with zero attached hydrogens (tertiary/aromatic N) is 3. The number of amides is 2. The molecule has 1 aromatic heterocycles. The summed E-state index contributed by atoms with van der Waals surface area (Å²) >= 11 is 1.19. The van der Waals surface area contributed by atoms with Crippen LogP contribution in [0, 0.1) is 24.2 Å². The molecular weight excluding hydrogens is 528 g/mol. The first-order chi connectivity index (χ1) is 19.0. The highest BCUT2D eigenvalue weighted by molar-refractivity contribution is 7.09. The Morgan fingerprint density at radius 3 is 2.62 bits per heavy atom. The number of terminal acetylenes is 1. The van der Waals surface area contributed by atoms with E-state index in [9.17, 15) is 19.5 Å². The smallest absolute Gasteiger partial charge is 0.357 e. The van der Waals surface area contributed by atoms with Crippen molar-refractivity contribution in [2.24, 2.45) is 11.8 Å². The molecule has 1 aliphatic rings. The maximum Gasteiger partial charge on any atom is 0.357 e. The molecule has 1 fully saturated rings. The molecule has 2 amide bonds. The molecule has 0 aliphatic carbocycles. The SMILES string of the molecule is C#CCCCCN(C(=O)C(NC(=O)[C@H]1CCCCN1C)C(C)CC)C(CC(O)c1nc(C(=O)OC)cs1)C(C)C. The van der Waals surface area contributed by atoms with Crippen LogP contribution in [0.1, 0.15) is 101 Å². The summed E-state index contributed by atoms with van der Waals surface area (Å²) in [5.74, 6) is 1.81. The largest absolute Gasteiger partial charge is 0.464 e. The van der Waals surface area contributed by atoms with E-state index in [0.29, 0.717) is 24.4 Å². The molecule has 40 heavy (non-hydrogen) atoms. The van der Waals surface area contributed by atoms with Gasteiger partial charge in [-0.3, -0.25) is 14.5 Å². The summed E-state index contributed by atoms with van der Waals surface area (Å²) in [6.07, 6.45) is 10.4. The Bertz CT molecular complexity index is 1010. The molecule has 0 aromatic carbocycles. The van der Waals surface area contributed by atoms with Crippen LogP contribution in [0.5, 0.6) is 0 Å². The molecule has 4 unspecified atom stereocenters. The van der Waals surface area contributed by atoms with Crippen molar-refractivity contribution in [1.29, 1.82) is 0 Å². The van der Waals surface area contributed by atoms with Crippen LogP contribution in [0.25, 0.3) is 0 Å². The van der Waals surface area contributed by atoms with E-state index >= 15 is 0 Å². The van der Waals surface area contributed by atoms with Crippen molar-refractivity contribution >= 4 is 29.1 Å². The van der Waals surface area contributed by atoms with Crippen LogP contribution in [0.2, 0.25) is 0 Å². The van der Waals surface area contributed by atoms with E-state index in [1.807, 2.05) is 39.6 Å². The summed E-state index contributed by atoms with van der Waals surface area (Å²) < 4.78 is 4.74. The molecule has 0 bridgehead atoms. The van der Waals surface area contributed by atoms with Crippen LogP contribution in [0.3, 0.4) is 0 Å². The Hall–Kier alpha value is -2.48. The predicted molar refractivity (Wildman–Crippen MR) is 158 cm³/mol. The maximum atomic E-state index is 14.3. The van der Waals surface area contributed by atoms with Gasteiger partial charge in [0.1, 0.15) is 17.2 Å². The van der Waals surface area contributed by atoms with E-state index in [0.717, 1.165) is 38.6 Å². The number of likely N-dealkylation sites (tertiary alicyclic amines) is 1. The molecular formula is C30H48N4O5S. The number of unbranched alkanes of at least 4 members (excludes halogenated alkanes) is 2. The Kier molecular flexibility index (Phi) is 14.1. The van der Waals surface area contributed by atoms with Crippen molar-refractivity contribution in [3.8, 4) is 12.3 Å². The number of thiazole rings is 1. The van der Waals surface area contributed by atoms with Gasteiger partial charge in [-0.15, -0.1) is 23.7 Å². The highest BCUT2D eigenvalue weighted by Crippen LogP contribution is 2.29. The lowest BCUT2D eigenvalue weighted by Gasteiger charge is -2.40. The molecule has 0 saturated carbocycles. The molecule has 0 radical (unpaired) electrons. The molecule has 2 rings (SSSR count). The number of aliphatic hydroxyl groups is 1. The minimum absolute atomic E-state index is 0.0176. The number of aliphatic hydroxyl groups excluding tert-OH is 1. The van der Waals surface area contributed by atoms with E-state index in [1.165, 1.54) is 18.4 Å². The lowest BCUT2D eigenvalue weighted by atomic mass is 9.91. The van der Waals surface area contributed by atoms with Crippen LogP contribution < -0.4 is 5.32 Å². The van der Waals surface area contributed by atoms with Gasteiger partial charge < -0.3 is 20.1 Å². The van der Waals surface area contributed by atoms with Crippen molar-refractivity contribution in [1.82, 2.24) is 20.1 Å². The number of piperidine rings is 1. The minimum Gasteiger partial charge on any atom is -0.464 e. The van der Waals surface area contributed by atoms with Gasteiger partial charge in [-0.1, -0.05) is 40.5 Å². The molecule has 1 aliphatic heterocycles. The van der Waals surface area contributed by atoms with Crippen molar-refractivity contribution in [2.45, 2.75) is 103 Å². The zero-order valence-electron chi connectivity index (χ0n) is 25.0. The molecule has 10 heteroatoms. The third kappa shape index (κ3) is 9.28. The molecule has 2 heterocycles. The summed E-state index contributed by atoms with van der Waals surface area (Å²) in [4.78, 5) is 47.7. The molecule has 0 spiro atoms. The van der Waals surface area contributed by atoms with Gasteiger partial charge in [0.05, 0.1) is 13.2 Å². The average molecular weight is 577 g/mol. The Labute approximate surface area is 244 Å². The average Bonchev–Trinajstić information content (AvgIpc) is 3.44. The van der Waals surface area contributed by atoms with Crippen molar-refractivity contribution in [3.63, 3.8) is 0 Å². The van der Waals surface area contributed by atoms with Crippen molar-refractivity contribution < 1.29 is 24.2 Å². The van der Waals surface area contributed by atoms with Gasteiger partial charge in [-0.2, -0.15) is 0 Å². The quantitative estimate of drug-likeness (QED) is 0.184. The number of methoxy groups -OCH3 is 1. The van der Waals surface area contributed by atoms with Gasteiger partial charge in [-0.25, -0.2) is 9.78 Å². The van der Waals surface area contributed by atoms with E-state index in [1.54, 1.807) is 5.38 Å². The zero-order chi connectivity index (χ0) is 29.8. The van der Waals surface area contributed by atoms with Crippen LogP contribution in [0.4, 0.5) is 0 Å². The predicted octanol–water partition coefficient (Wildman–Crippen LogP) is 4.03. The zero-order valence-corrected chi connectivity index (χ0v) is 25.8. The summed E-state index contributed by atoms with van der Waals surface area (Å²) in [6, 6.07) is -1.24. The number of hydrogen-bond donors (Lipinski definition) is 2. The van der Waals surface area contributed by atoms with Crippen LogP contribution >= 0.6 is 11.3 Å². The normalized spacial score (nSPS) is 18.8. The first-order valence-electron chi connectivity index (χ1n) is 14.5. The van der Waals surface area contributed by atoms with Crippen LogP contribution in [-0.2, 0) is 14.3 Å². The number of ether oxygens (including phenoxy) is 1. The second-order valence-electron chi connectivity index (χ2n) is 11.2. The summed E-state index contributed by atoms with van der Waals surface area (Å²) in [7, 11) is 3.25. The summed E-state index contributed by atoms with van der Waals surface area (Å²) in [6.45, 7) is 9.39. The highest BCUT2D eigenvalue weighted by Gasteiger charge is 2.37. The van der Waals surface area contributed by atoms with E-state index in [2.05, 4.69) is 21.1 Å². The van der Waals surface area contributed by atoms with Crippen molar-refractivity contribution in [3.05, 3.63) is 16.1 Å². The van der Waals surface area contributed by atoms with E-state index in [4.69, 9.17) is 11.2 Å². The monoisotopic (exact) mass is 576 g/mol. The Morgan fingerprint density at radius 1 is 1.30 bits per heavy atom. The van der Waals surface area contributed by atoms with E-state index < -0.39 is 18.1 Å². The maximum absolute atomic E-state index is 14.3. The van der Waals surface area contributed by atoms with Gasteiger partial charge >= 0.3 is 5.97 Å². The second-order valence-corrected chi connectivity index (χ2v) is 12.1. The number of carbonyl (C=O) groups is 3. The van der Waals surface area contributed by atoms with E-state index in [-0.39, 0.29) is 47.8 Å². The highest BCUT2D eigenvalue weighted by atomic mass is 32.1. The molecule has 1 saturated heterocycles. The first kappa shape index (κ1) is 33.7. The van der Waals surface area contributed by atoms with Gasteiger partial charge in [-0.05, 0) is 51.1 Å². The standard InChI is InChI=1S/C30H48N4O5S/c1-8-10-11-13-17-34(24(20(3)4)18-25(35)28-31-22(19-40-28)30(38)39-7)29(37)26(21(5)9-2)32-27(36)23-15-12-14-16-33(23)6/h1,19-21,23-26,35H,9-18H2,2-7H3,(H,32,36)/t21?,23-,24?,25?,26?/m1/s1. The van der Waals surface area contributed by atoms with Crippen molar-refractivity contribution in [2.75, 3.05) is 27.2 Å². The Morgan fingerprint density at radius 2 is 2.02 bits per heavy atom. The fourth-order valence-electron chi connectivity index (χ4n) is 5.19.